The number of piperazine rings is 1. The lowest BCUT2D eigenvalue weighted by Crippen LogP contribution is -2.49. The Labute approximate surface area is 121 Å². The van der Waals surface area contributed by atoms with Crippen molar-refractivity contribution >= 4 is 18.3 Å². The molecule has 112 valence electrons. The molecule has 0 aliphatic carbocycles. The first-order valence-corrected chi connectivity index (χ1v) is 7.14. The predicted molar refractivity (Wildman–Crippen MR) is 77.6 cm³/mol. The smallest absolute Gasteiger partial charge is 0.222 e. The van der Waals surface area contributed by atoms with Gasteiger partial charge in [0.05, 0.1) is 6.61 Å². The van der Waals surface area contributed by atoms with Crippen molar-refractivity contribution in [3.63, 3.8) is 0 Å². The van der Waals surface area contributed by atoms with Crippen molar-refractivity contribution in [2.75, 3.05) is 45.9 Å². The lowest BCUT2D eigenvalue weighted by atomic mass is 10.1. The third-order valence-corrected chi connectivity index (χ3v) is 4.01. The van der Waals surface area contributed by atoms with E-state index in [1.54, 1.807) is 0 Å². The maximum Gasteiger partial charge on any atom is 0.222 e. The zero-order valence-corrected chi connectivity index (χ0v) is 12.3. The SMILES string of the molecule is Cl.O=C(CCC1CCCN1)N1CCN(CCO)CC1. The molecular formula is C13H26ClN3O2. The average molecular weight is 292 g/mol. The molecule has 2 saturated heterocycles. The summed E-state index contributed by atoms with van der Waals surface area (Å²) in [5.74, 6) is 0.298. The molecule has 1 unspecified atom stereocenters. The van der Waals surface area contributed by atoms with Gasteiger partial charge in [-0.1, -0.05) is 0 Å². The highest BCUT2D eigenvalue weighted by Gasteiger charge is 2.22. The maximum atomic E-state index is 12.0. The van der Waals surface area contributed by atoms with Crippen molar-refractivity contribution in [2.24, 2.45) is 0 Å². The quantitative estimate of drug-likeness (QED) is 0.753. The van der Waals surface area contributed by atoms with Crippen molar-refractivity contribution in [3.05, 3.63) is 0 Å². The molecule has 2 N–H and O–H groups in total. The van der Waals surface area contributed by atoms with E-state index in [-0.39, 0.29) is 19.0 Å². The Kier molecular flexibility index (Phi) is 7.68. The fourth-order valence-electron chi connectivity index (χ4n) is 2.82. The molecule has 0 saturated carbocycles. The van der Waals surface area contributed by atoms with Crippen molar-refractivity contribution in [2.45, 2.75) is 31.7 Å². The van der Waals surface area contributed by atoms with E-state index in [9.17, 15) is 4.79 Å². The lowest BCUT2D eigenvalue weighted by molar-refractivity contribution is -0.133. The van der Waals surface area contributed by atoms with E-state index >= 15 is 0 Å². The van der Waals surface area contributed by atoms with Crippen LogP contribution in [-0.2, 0) is 4.79 Å². The summed E-state index contributed by atoms with van der Waals surface area (Å²) in [7, 11) is 0. The number of carbonyl (C=O) groups is 1. The molecule has 0 spiro atoms. The van der Waals surface area contributed by atoms with Crippen LogP contribution in [0.5, 0.6) is 0 Å². The lowest BCUT2D eigenvalue weighted by Gasteiger charge is -2.34. The van der Waals surface area contributed by atoms with E-state index in [1.807, 2.05) is 4.90 Å². The highest BCUT2D eigenvalue weighted by atomic mass is 35.5. The van der Waals surface area contributed by atoms with Crippen LogP contribution in [-0.4, -0.2) is 72.7 Å². The van der Waals surface area contributed by atoms with Crippen LogP contribution >= 0.6 is 12.4 Å². The molecule has 2 aliphatic rings. The molecule has 2 aliphatic heterocycles. The molecule has 1 amide bonds. The molecule has 0 aromatic rings. The Morgan fingerprint density at radius 1 is 1.26 bits per heavy atom. The van der Waals surface area contributed by atoms with Gasteiger partial charge < -0.3 is 15.3 Å². The van der Waals surface area contributed by atoms with Crippen LogP contribution in [0.3, 0.4) is 0 Å². The van der Waals surface area contributed by atoms with Gasteiger partial charge in [-0.25, -0.2) is 0 Å². The zero-order chi connectivity index (χ0) is 12.8. The summed E-state index contributed by atoms with van der Waals surface area (Å²) in [4.78, 5) is 16.2. The second kappa shape index (κ2) is 8.74. The third kappa shape index (κ3) is 5.26. The summed E-state index contributed by atoms with van der Waals surface area (Å²) in [6, 6.07) is 0.560. The number of halogens is 1. The monoisotopic (exact) mass is 291 g/mol. The van der Waals surface area contributed by atoms with Crippen LogP contribution in [0.15, 0.2) is 0 Å². The number of carbonyl (C=O) groups excluding carboxylic acids is 1. The summed E-state index contributed by atoms with van der Waals surface area (Å²) in [5, 5.41) is 12.3. The molecule has 0 aromatic heterocycles. The number of amides is 1. The second-order valence-electron chi connectivity index (χ2n) is 5.28. The molecule has 5 nitrogen and oxygen atoms in total. The van der Waals surface area contributed by atoms with E-state index < -0.39 is 0 Å². The number of aliphatic hydroxyl groups is 1. The number of nitrogens with one attached hydrogen (secondary N) is 1. The predicted octanol–water partition coefficient (Wildman–Crippen LogP) is 0.0769. The zero-order valence-electron chi connectivity index (χ0n) is 11.5. The number of β-amino-alcohol motifs (C(OH)–C–C–N with tert-alkyl or cyclic N) is 1. The first-order valence-electron chi connectivity index (χ1n) is 7.14. The van der Waals surface area contributed by atoms with Gasteiger partial charge in [-0.15, -0.1) is 12.4 Å². The number of rotatable bonds is 5. The standard InChI is InChI=1S/C13H25N3O2.ClH/c17-11-10-15-6-8-16(9-7-15)13(18)4-3-12-2-1-5-14-12;/h12,14,17H,1-11H2;1H. The van der Waals surface area contributed by atoms with Crippen LogP contribution in [0.1, 0.15) is 25.7 Å². The van der Waals surface area contributed by atoms with Crippen molar-refractivity contribution in [1.82, 2.24) is 15.1 Å². The highest BCUT2D eigenvalue weighted by molar-refractivity contribution is 5.85. The van der Waals surface area contributed by atoms with E-state index in [4.69, 9.17) is 5.11 Å². The van der Waals surface area contributed by atoms with Gasteiger partial charge in [-0.2, -0.15) is 0 Å². The average Bonchev–Trinajstić information content (AvgIpc) is 2.90. The Hall–Kier alpha value is -0.360. The van der Waals surface area contributed by atoms with E-state index in [0.29, 0.717) is 18.4 Å². The summed E-state index contributed by atoms with van der Waals surface area (Å²) >= 11 is 0. The number of nitrogens with zero attached hydrogens (tertiary/aromatic N) is 2. The summed E-state index contributed by atoms with van der Waals surface area (Å²) in [5.41, 5.74) is 0. The topological polar surface area (TPSA) is 55.8 Å². The Morgan fingerprint density at radius 3 is 2.58 bits per heavy atom. The minimum atomic E-state index is 0. The van der Waals surface area contributed by atoms with Crippen molar-refractivity contribution in [1.29, 1.82) is 0 Å². The highest BCUT2D eigenvalue weighted by Crippen LogP contribution is 2.12. The first kappa shape index (κ1) is 16.7. The molecule has 2 fully saturated rings. The summed E-state index contributed by atoms with van der Waals surface area (Å²) < 4.78 is 0. The molecule has 0 radical (unpaired) electrons. The molecule has 0 bridgehead atoms. The molecule has 2 heterocycles. The van der Waals surface area contributed by atoms with Crippen LogP contribution in [0.4, 0.5) is 0 Å². The maximum absolute atomic E-state index is 12.0. The van der Waals surface area contributed by atoms with Gasteiger partial charge >= 0.3 is 0 Å². The van der Waals surface area contributed by atoms with E-state index in [0.717, 1.165) is 45.7 Å². The molecule has 0 aromatic carbocycles. The van der Waals surface area contributed by atoms with Gasteiger partial charge in [0.1, 0.15) is 0 Å². The first-order chi connectivity index (χ1) is 8.79. The van der Waals surface area contributed by atoms with Crippen LogP contribution < -0.4 is 5.32 Å². The minimum absolute atomic E-state index is 0. The number of hydrogen-bond acceptors (Lipinski definition) is 4. The van der Waals surface area contributed by atoms with Crippen molar-refractivity contribution < 1.29 is 9.90 Å². The fraction of sp³-hybridized carbons (Fsp3) is 0.923. The van der Waals surface area contributed by atoms with Crippen LogP contribution in [0.2, 0.25) is 0 Å². The second-order valence-corrected chi connectivity index (χ2v) is 5.28. The summed E-state index contributed by atoms with van der Waals surface area (Å²) in [6.45, 7) is 5.48. The normalized spacial score (nSPS) is 24.3. The molecular weight excluding hydrogens is 266 g/mol. The largest absolute Gasteiger partial charge is 0.395 e. The molecule has 1 atom stereocenters. The van der Waals surface area contributed by atoms with Gasteiger partial charge in [0.2, 0.25) is 5.91 Å². The van der Waals surface area contributed by atoms with Crippen LogP contribution in [0, 0.1) is 0 Å². The van der Waals surface area contributed by atoms with Gasteiger partial charge in [0.25, 0.3) is 0 Å². The van der Waals surface area contributed by atoms with Gasteiger partial charge in [-0.05, 0) is 25.8 Å². The Morgan fingerprint density at radius 2 is 2.00 bits per heavy atom. The molecule has 19 heavy (non-hydrogen) atoms. The number of hydrogen-bond donors (Lipinski definition) is 2. The van der Waals surface area contributed by atoms with Gasteiger partial charge in [0, 0.05) is 45.2 Å². The Bertz CT molecular complexity index is 265. The van der Waals surface area contributed by atoms with Crippen LogP contribution in [0.25, 0.3) is 0 Å². The van der Waals surface area contributed by atoms with E-state index in [2.05, 4.69) is 10.2 Å². The fourth-order valence-corrected chi connectivity index (χ4v) is 2.82. The molecule has 6 heteroatoms. The van der Waals surface area contributed by atoms with Gasteiger partial charge in [0.15, 0.2) is 0 Å². The third-order valence-electron chi connectivity index (χ3n) is 4.01. The Balaban J connectivity index is 0.00000180. The number of aliphatic hydroxyl groups excluding tert-OH is 1. The van der Waals surface area contributed by atoms with Crippen molar-refractivity contribution in [3.8, 4) is 0 Å². The molecule has 2 rings (SSSR count). The minimum Gasteiger partial charge on any atom is -0.395 e. The van der Waals surface area contributed by atoms with Gasteiger partial charge in [-0.3, -0.25) is 9.69 Å². The summed E-state index contributed by atoms with van der Waals surface area (Å²) in [6.07, 6.45) is 4.13. The van der Waals surface area contributed by atoms with E-state index in [1.165, 1.54) is 12.8 Å².